The maximum absolute atomic E-state index is 5.58. The van der Waals surface area contributed by atoms with Crippen molar-refractivity contribution in [1.82, 2.24) is 4.90 Å². The minimum atomic E-state index is 0.225. The molecule has 0 atom stereocenters. The van der Waals surface area contributed by atoms with Gasteiger partial charge in [-0.1, -0.05) is 73.9 Å². The summed E-state index contributed by atoms with van der Waals surface area (Å²) >= 11 is 0. The molecule has 2 aliphatic rings. The van der Waals surface area contributed by atoms with Crippen molar-refractivity contribution in [2.45, 2.75) is 44.1 Å². The fourth-order valence-electron chi connectivity index (χ4n) is 4.88. The first kappa shape index (κ1) is 17.4. The predicted octanol–water partition coefficient (Wildman–Crippen LogP) is 5.64. The van der Waals surface area contributed by atoms with Gasteiger partial charge in [0.25, 0.3) is 0 Å². The van der Waals surface area contributed by atoms with E-state index in [0.29, 0.717) is 0 Å². The molecule has 4 rings (SSSR count). The molecule has 1 fully saturated rings. The van der Waals surface area contributed by atoms with Crippen molar-refractivity contribution < 1.29 is 4.74 Å². The van der Waals surface area contributed by atoms with Gasteiger partial charge in [-0.2, -0.15) is 0 Å². The molecule has 1 heterocycles. The van der Waals surface area contributed by atoms with E-state index in [1.807, 2.05) is 6.07 Å². The number of nitrogens with zero attached hydrogens (tertiary/aromatic N) is 1. The van der Waals surface area contributed by atoms with E-state index < -0.39 is 0 Å². The van der Waals surface area contributed by atoms with Crippen LogP contribution in [0.1, 0.15) is 49.7 Å². The zero-order chi connectivity index (χ0) is 17.8. The highest BCUT2D eigenvalue weighted by molar-refractivity contribution is 5.71. The summed E-state index contributed by atoms with van der Waals surface area (Å²) in [5, 5.41) is 0. The van der Waals surface area contributed by atoms with E-state index in [9.17, 15) is 0 Å². The van der Waals surface area contributed by atoms with Crippen LogP contribution in [0, 0.1) is 0 Å². The van der Waals surface area contributed by atoms with Crippen molar-refractivity contribution in [3.8, 4) is 5.75 Å². The minimum absolute atomic E-state index is 0.225. The van der Waals surface area contributed by atoms with Crippen molar-refractivity contribution >= 4 is 5.57 Å². The number of hydrogen-bond acceptors (Lipinski definition) is 2. The Hall–Kier alpha value is -2.06. The van der Waals surface area contributed by atoms with Crippen molar-refractivity contribution in [2.24, 2.45) is 0 Å². The lowest BCUT2D eigenvalue weighted by molar-refractivity contribution is 0.0569. The van der Waals surface area contributed by atoms with Gasteiger partial charge in [0.1, 0.15) is 5.75 Å². The summed E-state index contributed by atoms with van der Waals surface area (Å²) in [6.07, 6.45) is 10.2. The van der Waals surface area contributed by atoms with Gasteiger partial charge in [-0.3, -0.25) is 4.90 Å². The van der Waals surface area contributed by atoms with Crippen LogP contribution in [-0.2, 0) is 5.54 Å². The number of para-hydroxylation sites is 1. The molecule has 2 nitrogen and oxygen atoms in total. The second-order valence-corrected chi connectivity index (χ2v) is 7.58. The third-order valence-electron chi connectivity index (χ3n) is 6.26. The van der Waals surface area contributed by atoms with Gasteiger partial charge >= 0.3 is 0 Å². The Kier molecular flexibility index (Phi) is 5.12. The van der Waals surface area contributed by atoms with E-state index in [0.717, 1.165) is 25.3 Å². The predicted molar refractivity (Wildman–Crippen MR) is 108 cm³/mol. The monoisotopic (exact) mass is 347 g/mol. The van der Waals surface area contributed by atoms with E-state index in [1.54, 1.807) is 7.11 Å². The Morgan fingerprint density at radius 2 is 1.62 bits per heavy atom. The highest BCUT2D eigenvalue weighted by atomic mass is 16.5. The Morgan fingerprint density at radius 3 is 2.31 bits per heavy atom. The lowest BCUT2D eigenvalue weighted by Crippen LogP contribution is -2.49. The summed E-state index contributed by atoms with van der Waals surface area (Å²) in [4.78, 5) is 2.74. The molecule has 0 saturated heterocycles. The Morgan fingerprint density at radius 1 is 0.885 bits per heavy atom. The molecule has 1 aliphatic heterocycles. The standard InChI is InChI=1S/C24H29NO/c1-26-23-13-7-6-12-22(23)20-14-18-25(19-15-20)24(16-8-3-9-17-24)21-10-4-2-5-11-21/h2,4-7,10-14H,3,8-9,15-19H2,1H3. The van der Waals surface area contributed by atoms with Gasteiger partial charge in [-0.15, -0.1) is 0 Å². The smallest absolute Gasteiger partial charge is 0.126 e. The Balaban J connectivity index is 1.61. The number of methoxy groups -OCH3 is 1. The van der Waals surface area contributed by atoms with E-state index in [2.05, 4.69) is 59.5 Å². The van der Waals surface area contributed by atoms with Crippen molar-refractivity contribution in [2.75, 3.05) is 20.2 Å². The zero-order valence-electron chi connectivity index (χ0n) is 15.8. The molecule has 0 bridgehead atoms. The van der Waals surface area contributed by atoms with Gasteiger partial charge in [-0.05, 0) is 36.5 Å². The van der Waals surface area contributed by atoms with Crippen LogP contribution in [0.3, 0.4) is 0 Å². The third kappa shape index (κ3) is 3.19. The molecule has 26 heavy (non-hydrogen) atoms. The van der Waals surface area contributed by atoms with Gasteiger partial charge in [0.15, 0.2) is 0 Å². The average Bonchev–Trinajstić information content (AvgIpc) is 2.75. The van der Waals surface area contributed by atoms with E-state index >= 15 is 0 Å². The molecule has 2 heteroatoms. The van der Waals surface area contributed by atoms with Crippen molar-refractivity contribution in [3.05, 3.63) is 71.8 Å². The number of rotatable bonds is 4. The van der Waals surface area contributed by atoms with Gasteiger partial charge in [0, 0.05) is 24.2 Å². The van der Waals surface area contributed by atoms with Crippen LogP contribution in [0.15, 0.2) is 60.7 Å². The van der Waals surface area contributed by atoms with E-state index in [-0.39, 0.29) is 5.54 Å². The molecule has 1 saturated carbocycles. The summed E-state index contributed by atoms with van der Waals surface area (Å²) in [6, 6.07) is 19.6. The SMILES string of the molecule is COc1ccccc1C1=CCN(C2(c3ccccc3)CCCCC2)CC1. The fraction of sp³-hybridized carbons (Fsp3) is 0.417. The molecule has 0 radical (unpaired) electrons. The van der Waals surface area contributed by atoms with Gasteiger partial charge in [-0.25, -0.2) is 0 Å². The van der Waals surface area contributed by atoms with E-state index in [4.69, 9.17) is 4.74 Å². The van der Waals surface area contributed by atoms with Crippen LogP contribution in [0.25, 0.3) is 5.57 Å². The molecule has 0 spiro atoms. The highest BCUT2D eigenvalue weighted by Crippen LogP contribution is 2.44. The molecule has 0 N–H and O–H groups in total. The zero-order valence-corrected chi connectivity index (χ0v) is 15.8. The van der Waals surface area contributed by atoms with Crippen LogP contribution in [0.2, 0.25) is 0 Å². The second kappa shape index (κ2) is 7.67. The van der Waals surface area contributed by atoms with Gasteiger partial charge in [0.05, 0.1) is 7.11 Å². The lowest BCUT2D eigenvalue weighted by Gasteiger charge is -2.48. The topological polar surface area (TPSA) is 12.5 Å². The molecule has 0 amide bonds. The molecular formula is C24H29NO. The molecule has 2 aromatic carbocycles. The molecule has 2 aromatic rings. The Labute approximate surface area is 157 Å². The molecule has 136 valence electrons. The molecular weight excluding hydrogens is 318 g/mol. The van der Waals surface area contributed by atoms with E-state index in [1.165, 1.54) is 48.8 Å². The quantitative estimate of drug-likeness (QED) is 0.709. The van der Waals surface area contributed by atoms with Crippen molar-refractivity contribution in [3.63, 3.8) is 0 Å². The normalized spacial score (nSPS) is 20.4. The summed E-state index contributed by atoms with van der Waals surface area (Å²) in [7, 11) is 1.76. The van der Waals surface area contributed by atoms with Gasteiger partial charge < -0.3 is 4.74 Å². The average molecular weight is 348 g/mol. The minimum Gasteiger partial charge on any atom is -0.496 e. The maximum atomic E-state index is 5.58. The van der Waals surface area contributed by atoms with Gasteiger partial charge in [0.2, 0.25) is 0 Å². The second-order valence-electron chi connectivity index (χ2n) is 7.58. The molecule has 0 aromatic heterocycles. The van der Waals surface area contributed by atoms with Crippen LogP contribution in [0.5, 0.6) is 5.75 Å². The van der Waals surface area contributed by atoms with Crippen LogP contribution >= 0.6 is 0 Å². The van der Waals surface area contributed by atoms with Crippen LogP contribution in [-0.4, -0.2) is 25.1 Å². The largest absolute Gasteiger partial charge is 0.496 e. The van der Waals surface area contributed by atoms with Crippen LogP contribution in [0.4, 0.5) is 0 Å². The summed E-state index contributed by atoms with van der Waals surface area (Å²) < 4.78 is 5.58. The van der Waals surface area contributed by atoms with Crippen LogP contribution < -0.4 is 4.74 Å². The first-order chi connectivity index (χ1) is 12.8. The summed E-state index contributed by atoms with van der Waals surface area (Å²) in [5.74, 6) is 0.989. The first-order valence-electron chi connectivity index (χ1n) is 9.96. The lowest BCUT2D eigenvalue weighted by atomic mass is 9.74. The number of benzene rings is 2. The maximum Gasteiger partial charge on any atom is 0.126 e. The summed E-state index contributed by atoms with van der Waals surface area (Å²) in [6.45, 7) is 2.15. The number of hydrogen-bond donors (Lipinski definition) is 0. The molecule has 1 aliphatic carbocycles. The third-order valence-corrected chi connectivity index (χ3v) is 6.26. The summed E-state index contributed by atoms with van der Waals surface area (Å²) in [5.41, 5.74) is 4.42. The number of ether oxygens (including phenoxy) is 1. The molecule has 0 unspecified atom stereocenters. The fourth-order valence-corrected chi connectivity index (χ4v) is 4.88. The first-order valence-corrected chi connectivity index (χ1v) is 9.96. The Bertz CT molecular complexity index is 759. The highest BCUT2D eigenvalue weighted by Gasteiger charge is 2.39. The van der Waals surface area contributed by atoms with Crippen molar-refractivity contribution in [1.29, 1.82) is 0 Å².